The van der Waals surface area contributed by atoms with Crippen molar-refractivity contribution >= 4 is 23.4 Å². The van der Waals surface area contributed by atoms with Crippen molar-refractivity contribution in [2.75, 3.05) is 5.88 Å². The van der Waals surface area contributed by atoms with Crippen molar-refractivity contribution in [1.82, 2.24) is 4.98 Å². The molecule has 0 aliphatic heterocycles. The number of hydrogen-bond acceptors (Lipinski definition) is 3. The summed E-state index contributed by atoms with van der Waals surface area (Å²) in [7, 11) is 0. The molecule has 0 unspecified atom stereocenters. The van der Waals surface area contributed by atoms with Crippen LogP contribution < -0.4 is 0 Å². The van der Waals surface area contributed by atoms with Crippen molar-refractivity contribution in [3.63, 3.8) is 0 Å². The van der Waals surface area contributed by atoms with Crippen LogP contribution in [0.4, 0.5) is 5.69 Å². The maximum Gasteiger partial charge on any atom is 0.291 e. The molecule has 0 aliphatic rings. The highest BCUT2D eigenvalue weighted by Crippen LogP contribution is 2.17. The summed E-state index contributed by atoms with van der Waals surface area (Å²) in [6.45, 7) is 1.62. The first-order valence-corrected chi connectivity index (χ1v) is 5.02. The molecule has 0 aliphatic carbocycles. The normalized spacial score (nSPS) is 10.8. The third-order valence-electron chi connectivity index (χ3n) is 1.86. The Kier molecular flexibility index (Phi) is 4.24. The highest BCUT2D eigenvalue weighted by atomic mass is 35.5. The van der Waals surface area contributed by atoms with E-state index in [0.717, 1.165) is 12.0 Å². The largest absolute Gasteiger partial charge is 0.291 e. The molecule has 0 saturated heterocycles. The summed E-state index contributed by atoms with van der Waals surface area (Å²) in [4.78, 5) is 14.1. The van der Waals surface area contributed by atoms with Gasteiger partial charge in [-0.2, -0.15) is 0 Å². The quantitative estimate of drug-likeness (QED) is 0.451. The monoisotopic (exact) mass is 226 g/mol. The zero-order valence-electron chi connectivity index (χ0n) is 8.31. The SMILES string of the molecule is Cc1ncc(C=CCCCl)cc1[N+](=O)[O-]. The Morgan fingerprint density at radius 2 is 2.40 bits per heavy atom. The summed E-state index contributed by atoms with van der Waals surface area (Å²) >= 11 is 5.50. The first-order valence-electron chi connectivity index (χ1n) is 4.48. The lowest BCUT2D eigenvalue weighted by atomic mass is 10.2. The van der Waals surface area contributed by atoms with E-state index in [1.54, 1.807) is 19.2 Å². The Balaban J connectivity index is 2.92. The molecule has 0 radical (unpaired) electrons. The molecule has 1 rings (SSSR count). The average Bonchev–Trinajstić information content (AvgIpc) is 2.20. The molecule has 1 aromatic heterocycles. The number of nitro groups is 1. The fraction of sp³-hybridized carbons (Fsp3) is 0.300. The molecule has 0 fully saturated rings. The number of halogens is 1. The first-order chi connectivity index (χ1) is 7.15. The second-order valence-electron chi connectivity index (χ2n) is 3.01. The van der Waals surface area contributed by atoms with Crippen LogP contribution in [-0.4, -0.2) is 15.8 Å². The topological polar surface area (TPSA) is 56.0 Å². The third kappa shape index (κ3) is 3.32. The van der Waals surface area contributed by atoms with Crippen molar-refractivity contribution in [3.8, 4) is 0 Å². The van der Waals surface area contributed by atoms with Crippen LogP contribution in [0.3, 0.4) is 0 Å². The van der Waals surface area contributed by atoms with Gasteiger partial charge in [0.25, 0.3) is 5.69 Å². The van der Waals surface area contributed by atoms with Crippen LogP contribution in [0.1, 0.15) is 17.7 Å². The highest BCUT2D eigenvalue weighted by molar-refractivity contribution is 6.17. The summed E-state index contributed by atoms with van der Waals surface area (Å²) in [5.41, 5.74) is 1.19. The van der Waals surface area contributed by atoms with Crippen LogP contribution >= 0.6 is 11.6 Å². The van der Waals surface area contributed by atoms with Crippen LogP contribution in [0.5, 0.6) is 0 Å². The predicted molar refractivity (Wildman–Crippen MR) is 60.0 cm³/mol. The predicted octanol–water partition coefficient (Wildman–Crippen LogP) is 2.94. The van der Waals surface area contributed by atoms with E-state index in [1.807, 2.05) is 6.08 Å². The molecule has 0 bridgehead atoms. The Morgan fingerprint density at radius 3 is 3.00 bits per heavy atom. The minimum Gasteiger partial charge on any atom is -0.258 e. The molecule has 0 saturated carbocycles. The van der Waals surface area contributed by atoms with E-state index in [0.29, 0.717) is 11.6 Å². The lowest BCUT2D eigenvalue weighted by Gasteiger charge is -1.97. The fourth-order valence-corrected chi connectivity index (χ4v) is 1.22. The summed E-state index contributed by atoms with van der Waals surface area (Å²) in [5.74, 6) is 0.540. The zero-order valence-corrected chi connectivity index (χ0v) is 9.07. The molecule has 5 heteroatoms. The summed E-state index contributed by atoms with van der Waals surface area (Å²) in [6.07, 6.45) is 5.99. The summed E-state index contributed by atoms with van der Waals surface area (Å²) < 4.78 is 0. The molecule has 0 atom stereocenters. The molecule has 15 heavy (non-hydrogen) atoms. The van der Waals surface area contributed by atoms with Crippen molar-refractivity contribution in [2.24, 2.45) is 0 Å². The molecule has 1 heterocycles. The van der Waals surface area contributed by atoms with E-state index >= 15 is 0 Å². The van der Waals surface area contributed by atoms with Crippen LogP contribution in [0.2, 0.25) is 0 Å². The number of nitrogens with zero attached hydrogens (tertiary/aromatic N) is 2. The van der Waals surface area contributed by atoms with Crippen molar-refractivity contribution in [3.05, 3.63) is 39.7 Å². The van der Waals surface area contributed by atoms with Gasteiger partial charge < -0.3 is 0 Å². The number of hydrogen-bond donors (Lipinski definition) is 0. The molecule has 0 amide bonds. The number of allylic oxidation sites excluding steroid dienone is 1. The fourth-order valence-electron chi connectivity index (χ4n) is 1.10. The Labute approximate surface area is 92.7 Å². The summed E-state index contributed by atoms with van der Waals surface area (Å²) in [6, 6.07) is 1.51. The molecule has 80 valence electrons. The lowest BCUT2D eigenvalue weighted by Crippen LogP contribution is -1.94. The lowest BCUT2D eigenvalue weighted by molar-refractivity contribution is -0.385. The van der Waals surface area contributed by atoms with E-state index in [4.69, 9.17) is 11.6 Å². The van der Waals surface area contributed by atoms with Crippen molar-refractivity contribution < 1.29 is 4.92 Å². The van der Waals surface area contributed by atoms with E-state index in [-0.39, 0.29) is 5.69 Å². The van der Waals surface area contributed by atoms with E-state index in [2.05, 4.69) is 4.98 Å². The van der Waals surface area contributed by atoms with Gasteiger partial charge in [0.05, 0.1) is 4.92 Å². The maximum absolute atomic E-state index is 10.6. The van der Waals surface area contributed by atoms with Gasteiger partial charge in [0.15, 0.2) is 0 Å². The molecule has 0 N–H and O–H groups in total. The highest BCUT2D eigenvalue weighted by Gasteiger charge is 2.10. The van der Waals surface area contributed by atoms with E-state index in [1.165, 1.54) is 6.07 Å². The Hall–Kier alpha value is -1.42. The minimum absolute atomic E-state index is 0.0445. The molecule has 0 spiro atoms. The van der Waals surface area contributed by atoms with Crippen LogP contribution in [0.15, 0.2) is 18.3 Å². The van der Waals surface area contributed by atoms with Gasteiger partial charge in [0.1, 0.15) is 5.69 Å². The minimum atomic E-state index is -0.429. The molecule has 0 aromatic carbocycles. The van der Waals surface area contributed by atoms with Gasteiger partial charge in [-0.25, -0.2) is 0 Å². The van der Waals surface area contributed by atoms with Gasteiger partial charge in [-0.3, -0.25) is 15.1 Å². The van der Waals surface area contributed by atoms with Gasteiger partial charge in [-0.05, 0) is 18.9 Å². The van der Waals surface area contributed by atoms with Gasteiger partial charge in [-0.15, -0.1) is 11.6 Å². The number of aryl methyl sites for hydroxylation is 1. The summed E-state index contributed by atoms with van der Waals surface area (Å²) in [5, 5.41) is 10.6. The molecular formula is C10H11ClN2O2. The van der Waals surface area contributed by atoms with Gasteiger partial charge in [0, 0.05) is 18.1 Å². The Bertz CT molecular complexity index is 391. The van der Waals surface area contributed by atoms with Crippen molar-refractivity contribution in [1.29, 1.82) is 0 Å². The number of alkyl halides is 1. The average molecular weight is 227 g/mol. The maximum atomic E-state index is 10.6. The van der Waals surface area contributed by atoms with Gasteiger partial charge in [-0.1, -0.05) is 12.2 Å². The number of pyridine rings is 1. The molecule has 4 nitrogen and oxygen atoms in total. The Morgan fingerprint density at radius 1 is 1.67 bits per heavy atom. The van der Waals surface area contributed by atoms with Crippen LogP contribution in [0, 0.1) is 17.0 Å². The van der Waals surface area contributed by atoms with Gasteiger partial charge in [0.2, 0.25) is 0 Å². The van der Waals surface area contributed by atoms with E-state index < -0.39 is 4.92 Å². The van der Waals surface area contributed by atoms with Crippen molar-refractivity contribution in [2.45, 2.75) is 13.3 Å². The number of rotatable bonds is 4. The van der Waals surface area contributed by atoms with Crippen LogP contribution in [-0.2, 0) is 0 Å². The third-order valence-corrected chi connectivity index (χ3v) is 2.08. The second kappa shape index (κ2) is 5.46. The molecular weight excluding hydrogens is 216 g/mol. The van der Waals surface area contributed by atoms with E-state index in [9.17, 15) is 10.1 Å². The smallest absolute Gasteiger partial charge is 0.258 e. The zero-order chi connectivity index (χ0) is 11.3. The second-order valence-corrected chi connectivity index (χ2v) is 3.39. The first kappa shape index (κ1) is 11.7. The van der Waals surface area contributed by atoms with Crippen LogP contribution in [0.25, 0.3) is 6.08 Å². The number of aromatic nitrogens is 1. The van der Waals surface area contributed by atoms with Gasteiger partial charge >= 0.3 is 0 Å². The standard InChI is InChI=1S/C10H11ClN2O2/c1-8-10(13(14)15)6-9(7-12-8)4-2-3-5-11/h2,4,6-7H,3,5H2,1H3. The molecule has 1 aromatic rings.